The van der Waals surface area contributed by atoms with Crippen LogP contribution in [0.1, 0.15) is 78.7 Å². The Labute approximate surface area is 191 Å². The molecule has 0 radical (unpaired) electrons. The fourth-order valence-corrected chi connectivity index (χ4v) is 6.04. The van der Waals surface area contributed by atoms with Gasteiger partial charge in [0.05, 0.1) is 11.6 Å². The second-order valence-corrected chi connectivity index (χ2v) is 10.6. The van der Waals surface area contributed by atoms with Crippen molar-refractivity contribution in [2.24, 2.45) is 5.92 Å². The summed E-state index contributed by atoms with van der Waals surface area (Å²) in [4.78, 5) is 16.3. The summed E-state index contributed by atoms with van der Waals surface area (Å²) in [6.45, 7) is 11.4. The quantitative estimate of drug-likeness (QED) is 0.634. The molecule has 0 amide bonds. The van der Waals surface area contributed by atoms with Crippen molar-refractivity contribution >= 4 is 11.4 Å². The van der Waals surface area contributed by atoms with E-state index < -0.39 is 0 Å². The van der Waals surface area contributed by atoms with Gasteiger partial charge in [0.15, 0.2) is 5.78 Å². The van der Waals surface area contributed by atoms with Gasteiger partial charge in [-0.05, 0) is 105 Å². The number of allylic oxidation sites excluding steroid dienone is 2. The molecule has 3 heteroatoms. The Bertz CT molecular complexity index is 1170. The van der Waals surface area contributed by atoms with E-state index >= 15 is 0 Å². The first kappa shape index (κ1) is 21.2. The number of nitriles is 1. The Balaban J connectivity index is 1.45. The van der Waals surface area contributed by atoms with Gasteiger partial charge >= 0.3 is 0 Å². The molecular formula is C29H32N2O. The number of ketones is 1. The number of carbonyl (C=O) groups excluding carboxylic acids is 1. The Morgan fingerprint density at radius 3 is 2.53 bits per heavy atom. The molecule has 1 aliphatic heterocycles. The van der Waals surface area contributed by atoms with Gasteiger partial charge < -0.3 is 4.90 Å². The maximum Gasteiger partial charge on any atom is 0.193 e. The number of nitrogens with zero attached hydrogens (tertiary/aromatic N) is 2. The van der Waals surface area contributed by atoms with E-state index in [4.69, 9.17) is 0 Å². The van der Waals surface area contributed by atoms with Crippen molar-refractivity contribution in [3.05, 3.63) is 75.4 Å². The van der Waals surface area contributed by atoms with Crippen LogP contribution < -0.4 is 0 Å². The molecule has 0 unspecified atom stereocenters. The number of rotatable bonds is 3. The molecule has 0 atom stereocenters. The number of hydrogen-bond acceptors (Lipinski definition) is 3. The average Bonchev–Trinajstić information content (AvgIpc) is 3.18. The van der Waals surface area contributed by atoms with Gasteiger partial charge in [0.25, 0.3) is 0 Å². The second-order valence-electron chi connectivity index (χ2n) is 10.6. The number of piperidine rings is 1. The number of benzene rings is 2. The molecule has 1 fully saturated rings. The van der Waals surface area contributed by atoms with Crippen LogP contribution in [0.15, 0.2) is 42.0 Å². The van der Waals surface area contributed by atoms with Crippen molar-refractivity contribution in [1.29, 1.82) is 5.26 Å². The number of carbonyl (C=O) groups is 1. The van der Waals surface area contributed by atoms with Crippen LogP contribution in [0, 0.1) is 17.2 Å². The zero-order chi connectivity index (χ0) is 22.6. The van der Waals surface area contributed by atoms with Crippen LogP contribution in [-0.4, -0.2) is 29.8 Å². The van der Waals surface area contributed by atoms with Crippen LogP contribution in [0.4, 0.5) is 0 Å². The molecule has 2 aliphatic carbocycles. The highest BCUT2D eigenvalue weighted by Crippen LogP contribution is 2.50. The van der Waals surface area contributed by atoms with Gasteiger partial charge in [-0.25, -0.2) is 0 Å². The summed E-state index contributed by atoms with van der Waals surface area (Å²) in [5.41, 5.74) is 8.00. The van der Waals surface area contributed by atoms with Crippen LogP contribution in [0.25, 0.3) is 5.57 Å². The molecule has 164 valence electrons. The third-order valence-electron chi connectivity index (χ3n) is 8.06. The topological polar surface area (TPSA) is 44.1 Å². The van der Waals surface area contributed by atoms with Crippen LogP contribution in [-0.2, 0) is 18.3 Å². The molecule has 5 rings (SSSR count). The van der Waals surface area contributed by atoms with Crippen molar-refractivity contribution in [1.82, 2.24) is 4.90 Å². The van der Waals surface area contributed by atoms with Crippen LogP contribution >= 0.6 is 0 Å². The highest BCUT2D eigenvalue weighted by atomic mass is 16.1. The summed E-state index contributed by atoms with van der Waals surface area (Å²) in [5.74, 6) is 0.857. The second kappa shape index (κ2) is 7.71. The number of likely N-dealkylation sites (tertiary alicyclic amines) is 1. The smallest absolute Gasteiger partial charge is 0.193 e. The largest absolute Gasteiger partial charge is 0.301 e. The summed E-state index contributed by atoms with van der Waals surface area (Å²) in [6.07, 6.45) is 4.28. The lowest BCUT2D eigenvalue weighted by Gasteiger charge is -2.36. The minimum absolute atomic E-state index is 0.161. The van der Waals surface area contributed by atoms with Crippen LogP contribution in [0.3, 0.4) is 0 Å². The Hall–Kier alpha value is -2.70. The minimum Gasteiger partial charge on any atom is -0.301 e. The standard InChI is InChI=1S/C29H32N2O/c1-18(2)31-11-9-19(10-12-31)13-20-6-8-25-24(15-20)28(32)27-23-7-5-21(17-30)14-22(23)16-26(27)29(25,3)4/h5-8,14-15,18-19H,9-13,16H2,1-4H3. The van der Waals surface area contributed by atoms with Crippen molar-refractivity contribution in [3.8, 4) is 6.07 Å². The highest BCUT2D eigenvalue weighted by Gasteiger charge is 2.42. The van der Waals surface area contributed by atoms with E-state index in [-0.39, 0.29) is 11.2 Å². The Morgan fingerprint density at radius 2 is 1.84 bits per heavy atom. The SMILES string of the molecule is CC(C)N1CCC(Cc2ccc3c(c2)C(=O)C2=C(Cc4cc(C#N)ccc42)C3(C)C)CC1. The van der Waals surface area contributed by atoms with E-state index in [0.29, 0.717) is 17.5 Å². The minimum atomic E-state index is -0.189. The van der Waals surface area contributed by atoms with E-state index in [2.05, 4.69) is 56.9 Å². The van der Waals surface area contributed by atoms with Gasteiger partial charge in [-0.3, -0.25) is 4.79 Å². The van der Waals surface area contributed by atoms with Gasteiger partial charge in [0.1, 0.15) is 0 Å². The molecule has 3 nitrogen and oxygen atoms in total. The third kappa shape index (κ3) is 3.33. The highest BCUT2D eigenvalue weighted by molar-refractivity contribution is 6.33. The molecule has 1 heterocycles. The predicted octanol–water partition coefficient (Wildman–Crippen LogP) is 5.70. The first-order chi connectivity index (χ1) is 15.3. The fourth-order valence-electron chi connectivity index (χ4n) is 6.04. The lowest BCUT2D eigenvalue weighted by Crippen LogP contribution is -2.38. The number of Topliss-reactive ketones (excluding diaryl/α,β-unsaturated/α-hetero) is 1. The number of hydrogen-bond donors (Lipinski definition) is 0. The van der Waals surface area contributed by atoms with E-state index in [9.17, 15) is 10.1 Å². The lowest BCUT2D eigenvalue weighted by atomic mass is 9.68. The van der Waals surface area contributed by atoms with E-state index in [1.165, 1.54) is 37.1 Å². The predicted molar refractivity (Wildman–Crippen MR) is 129 cm³/mol. The van der Waals surface area contributed by atoms with Gasteiger partial charge in [0, 0.05) is 22.6 Å². The molecule has 0 aromatic heterocycles. The average molecular weight is 425 g/mol. The normalized spacial score (nSPS) is 20.2. The molecule has 0 N–H and O–H groups in total. The van der Waals surface area contributed by atoms with Crippen molar-refractivity contribution in [2.45, 2.75) is 64.8 Å². The Morgan fingerprint density at radius 1 is 1.09 bits per heavy atom. The zero-order valence-electron chi connectivity index (χ0n) is 19.7. The summed E-state index contributed by atoms with van der Waals surface area (Å²) in [6, 6.07) is 15.3. The summed E-state index contributed by atoms with van der Waals surface area (Å²) >= 11 is 0. The van der Waals surface area contributed by atoms with E-state index in [0.717, 1.165) is 40.7 Å². The summed E-state index contributed by atoms with van der Waals surface area (Å²) in [7, 11) is 0. The lowest BCUT2D eigenvalue weighted by molar-refractivity contribution is 0.105. The molecule has 0 saturated carbocycles. The molecule has 32 heavy (non-hydrogen) atoms. The molecular weight excluding hydrogens is 392 g/mol. The zero-order valence-corrected chi connectivity index (χ0v) is 19.7. The van der Waals surface area contributed by atoms with Crippen molar-refractivity contribution < 1.29 is 4.79 Å². The molecule has 1 saturated heterocycles. The van der Waals surface area contributed by atoms with Crippen LogP contribution in [0.2, 0.25) is 0 Å². The first-order valence-corrected chi connectivity index (χ1v) is 12.0. The molecule has 3 aliphatic rings. The van der Waals surface area contributed by atoms with E-state index in [1.807, 2.05) is 18.2 Å². The Kier molecular flexibility index (Phi) is 5.10. The molecule has 2 aromatic carbocycles. The van der Waals surface area contributed by atoms with Crippen molar-refractivity contribution in [3.63, 3.8) is 0 Å². The van der Waals surface area contributed by atoms with Gasteiger partial charge in [-0.15, -0.1) is 0 Å². The summed E-state index contributed by atoms with van der Waals surface area (Å²) < 4.78 is 0. The molecule has 0 spiro atoms. The van der Waals surface area contributed by atoms with Gasteiger partial charge in [-0.1, -0.05) is 32.0 Å². The maximum absolute atomic E-state index is 13.7. The molecule has 0 bridgehead atoms. The molecule has 2 aromatic rings. The van der Waals surface area contributed by atoms with Gasteiger partial charge in [0.2, 0.25) is 0 Å². The first-order valence-electron chi connectivity index (χ1n) is 12.0. The number of fused-ring (bicyclic) bond motifs is 3. The van der Waals surface area contributed by atoms with E-state index in [1.54, 1.807) is 0 Å². The van der Waals surface area contributed by atoms with Gasteiger partial charge in [-0.2, -0.15) is 5.26 Å². The van der Waals surface area contributed by atoms with Crippen molar-refractivity contribution in [2.75, 3.05) is 13.1 Å². The summed E-state index contributed by atoms with van der Waals surface area (Å²) in [5, 5.41) is 9.30. The maximum atomic E-state index is 13.7. The third-order valence-corrected chi connectivity index (χ3v) is 8.06. The monoisotopic (exact) mass is 424 g/mol. The fraction of sp³-hybridized carbons (Fsp3) is 0.448. The van der Waals surface area contributed by atoms with Crippen LogP contribution in [0.5, 0.6) is 0 Å².